The van der Waals surface area contributed by atoms with Crippen LogP contribution in [-0.4, -0.2) is 31.4 Å². The molecule has 0 spiro atoms. The first-order chi connectivity index (χ1) is 9.02. The maximum Gasteiger partial charge on any atom is 0.318 e. The minimum atomic E-state index is -0.637. The predicted octanol–water partition coefficient (Wildman–Crippen LogP) is 1.87. The number of benzene rings is 1. The number of carbonyl (C=O) groups excluding carboxylic acids is 2. The molecule has 0 amide bonds. The van der Waals surface area contributed by atoms with E-state index < -0.39 is 11.9 Å². The van der Waals surface area contributed by atoms with Crippen molar-refractivity contribution < 1.29 is 14.3 Å². The van der Waals surface area contributed by atoms with E-state index in [1.165, 1.54) is 11.1 Å². The Balaban J connectivity index is 2.14. The minimum absolute atomic E-state index is 0.0586. The van der Waals surface area contributed by atoms with E-state index in [1.807, 2.05) is 24.0 Å². The lowest BCUT2D eigenvalue weighted by atomic mass is 10.1. The molecule has 1 aliphatic rings. The first-order valence-electron chi connectivity index (χ1n) is 6.54. The third kappa shape index (κ3) is 2.78. The predicted molar refractivity (Wildman–Crippen MR) is 73.3 cm³/mol. The molecule has 1 unspecified atom stereocenters. The molecule has 19 heavy (non-hydrogen) atoms. The van der Waals surface area contributed by atoms with Gasteiger partial charge in [-0.25, -0.2) is 0 Å². The number of ketones is 1. The Morgan fingerprint density at radius 3 is 2.74 bits per heavy atom. The van der Waals surface area contributed by atoms with Gasteiger partial charge in [0.1, 0.15) is 5.92 Å². The largest absolute Gasteiger partial charge is 0.465 e. The van der Waals surface area contributed by atoms with Crippen molar-refractivity contribution in [2.45, 2.75) is 20.8 Å². The van der Waals surface area contributed by atoms with Gasteiger partial charge in [-0.2, -0.15) is 0 Å². The van der Waals surface area contributed by atoms with Crippen molar-refractivity contribution in [3.63, 3.8) is 0 Å². The Labute approximate surface area is 113 Å². The van der Waals surface area contributed by atoms with Gasteiger partial charge in [-0.15, -0.1) is 0 Å². The molecule has 1 fully saturated rings. The number of carbonyl (C=O) groups is 2. The van der Waals surface area contributed by atoms with Crippen LogP contribution in [0.1, 0.15) is 18.1 Å². The molecule has 0 saturated carbocycles. The second-order valence-corrected chi connectivity index (χ2v) is 4.92. The Morgan fingerprint density at radius 2 is 2.11 bits per heavy atom. The summed E-state index contributed by atoms with van der Waals surface area (Å²) in [4.78, 5) is 25.5. The lowest BCUT2D eigenvalue weighted by Gasteiger charge is -2.18. The Kier molecular flexibility index (Phi) is 3.88. The fourth-order valence-corrected chi connectivity index (χ4v) is 2.25. The highest BCUT2D eigenvalue weighted by molar-refractivity contribution is 6.04. The van der Waals surface area contributed by atoms with Crippen molar-refractivity contribution in [1.82, 2.24) is 0 Å². The highest BCUT2D eigenvalue weighted by Gasteiger charge is 2.37. The van der Waals surface area contributed by atoms with E-state index in [0.29, 0.717) is 13.2 Å². The van der Waals surface area contributed by atoms with Crippen LogP contribution in [0, 0.1) is 19.8 Å². The molecule has 102 valence electrons. The Morgan fingerprint density at radius 1 is 1.37 bits per heavy atom. The maximum atomic E-state index is 11.9. The molecular formula is C15H19NO3. The third-order valence-corrected chi connectivity index (χ3v) is 3.57. The van der Waals surface area contributed by atoms with E-state index in [0.717, 1.165) is 5.69 Å². The maximum absolute atomic E-state index is 11.9. The molecule has 1 heterocycles. The third-order valence-electron chi connectivity index (χ3n) is 3.57. The molecule has 0 radical (unpaired) electrons. The monoisotopic (exact) mass is 261 g/mol. The number of hydrogen-bond acceptors (Lipinski definition) is 4. The van der Waals surface area contributed by atoms with Crippen LogP contribution in [0.4, 0.5) is 5.69 Å². The van der Waals surface area contributed by atoms with Crippen molar-refractivity contribution in [3.8, 4) is 0 Å². The van der Waals surface area contributed by atoms with Gasteiger partial charge in [0.05, 0.1) is 13.2 Å². The second-order valence-electron chi connectivity index (χ2n) is 4.92. The molecule has 1 aromatic rings. The summed E-state index contributed by atoms with van der Waals surface area (Å²) in [7, 11) is 0. The zero-order chi connectivity index (χ0) is 14.0. The standard InChI is InChI=1S/C15H19NO3/c1-4-19-15(18)13-8-16(9-14(13)17)12-6-5-10(2)11(3)7-12/h5-7,13H,4,8-9H2,1-3H3. The first-order valence-corrected chi connectivity index (χ1v) is 6.54. The van der Waals surface area contributed by atoms with Gasteiger partial charge in [0, 0.05) is 12.2 Å². The summed E-state index contributed by atoms with van der Waals surface area (Å²) < 4.78 is 4.94. The van der Waals surface area contributed by atoms with Crippen molar-refractivity contribution in [2.24, 2.45) is 5.92 Å². The fraction of sp³-hybridized carbons (Fsp3) is 0.467. The topological polar surface area (TPSA) is 46.6 Å². The smallest absolute Gasteiger partial charge is 0.318 e. The van der Waals surface area contributed by atoms with E-state index in [1.54, 1.807) is 6.92 Å². The molecule has 1 atom stereocenters. The molecule has 1 saturated heterocycles. The summed E-state index contributed by atoms with van der Waals surface area (Å²) >= 11 is 0. The lowest BCUT2D eigenvalue weighted by Crippen LogP contribution is -2.25. The quantitative estimate of drug-likeness (QED) is 0.615. The molecule has 0 aliphatic carbocycles. The van der Waals surface area contributed by atoms with Gasteiger partial charge in [-0.1, -0.05) is 6.07 Å². The molecule has 4 nitrogen and oxygen atoms in total. The number of esters is 1. The van der Waals surface area contributed by atoms with E-state index in [4.69, 9.17) is 4.74 Å². The summed E-state index contributed by atoms with van der Waals surface area (Å²) in [6, 6.07) is 6.08. The van der Waals surface area contributed by atoms with Crippen molar-refractivity contribution in [3.05, 3.63) is 29.3 Å². The van der Waals surface area contributed by atoms with Gasteiger partial charge in [-0.05, 0) is 44.0 Å². The molecular weight excluding hydrogens is 242 g/mol. The number of Topliss-reactive ketones (excluding diaryl/α,β-unsaturated/α-hetero) is 1. The van der Waals surface area contributed by atoms with E-state index in [9.17, 15) is 9.59 Å². The average molecular weight is 261 g/mol. The number of nitrogens with zero attached hydrogens (tertiary/aromatic N) is 1. The SMILES string of the molecule is CCOC(=O)C1CN(c2ccc(C)c(C)c2)CC1=O. The summed E-state index contributed by atoms with van der Waals surface area (Å²) in [5, 5.41) is 0. The number of hydrogen-bond donors (Lipinski definition) is 0. The van der Waals surface area contributed by atoms with Gasteiger partial charge in [0.2, 0.25) is 0 Å². The fourth-order valence-electron chi connectivity index (χ4n) is 2.25. The molecule has 4 heteroatoms. The molecule has 0 bridgehead atoms. The molecule has 2 rings (SSSR count). The zero-order valence-corrected chi connectivity index (χ0v) is 11.6. The average Bonchev–Trinajstić information content (AvgIpc) is 2.75. The summed E-state index contributed by atoms with van der Waals surface area (Å²) in [5.41, 5.74) is 3.39. The number of ether oxygens (including phenoxy) is 1. The number of aryl methyl sites for hydroxylation is 2. The summed E-state index contributed by atoms with van der Waals surface area (Å²) in [6.07, 6.45) is 0. The van der Waals surface area contributed by atoms with Crippen LogP contribution in [0.5, 0.6) is 0 Å². The van der Waals surface area contributed by atoms with Crippen molar-refractivity contribution >= 4 is 17.4 Å². The first kappa shape index (κ1) is 13.6. The van der Waals surface area contributed by atoms with E-state index >= 15 is 0 Å². The van der Waals surface area contributed by atoms with Gasteiger partial charge < -0.3 is 9.64 Å². The van der Waals surface area contributed by atoms with Gasteiger partial charge in [0.25, 0.3) is 0 Å². The van der Waals surface area contributed by atoms with Crippen molar-refractivity contribution in [1.29, 1.82) is 0 Å². The van der Waals surface area contributed by atoms with Gasteiger partial charge >= 0.3 is 5.97 Å². The lowest BCUT2D eigenvalue weighted by molar-refractivity contribution is -0.149. The van der Waals surface area contributed by atoms with Gasteiger partial charge in [0.15, 0.2) is 5.78 Å². The molecule has 0 aromatic heterocycles. The summed E-state index contributed by atoms with van der Waals surface area (Å²) in [5.74, 6) is -1.10. The normalized spacial score (nSPS) is 18.8. The van der Waals surface area contributed by atoms with Crippen molar-refractivity contribution in [2.75, 3.05) is 24.6 Å². The van der Waals surface area contributed by atoms with Crippen LogP contribution in [0.2, 0.25) is 0 Å². The molecule has 1 aliphatic heterocycles. The summed E-state index contributed by atoms with van der Waals surface area (Å²) in [6.45, 7) is 6.85. The number of anilines is 1. The highest BCUT2D eigenvalue weighted by atomic mass is 16.5. The van der Waals surface area contributed by atoms with E-state index in [-0.39, 0.29) is 12.3 Å². The Hall–Kier alpha value is -1.84. The van der Waals surface area contributed by atoms with Crippen LogP contribution < -0.4 is 4.90 Å². The minimum Gasteiger partial charge on any atom is -0.465 e. The Bertz CT molecular complexity index is 510. The van der Waals surface area contributed by atoms with E-state index in [2.05, 4.69) is 13.0 Å². The van der Waals surface area contributed by atoms with Crippen LogP contribution in [0.25, 0.3) is 0 Å². The van der Waals surface area contributed by atoms with Crippen LogP contribution in [0.15, 0.2) is 18.2 Å². The highest BCUT2D eigenvalue weighted by Crippen LogP contribution is 2.24. The van der Waals surface area contributed by atoms with Gasteiger partial charge in [-0.3, -0.25) is 9.59 Å². The van der Waals surface area contributed by atoms with Crippen LogP contribution in [0.3, 0.4) is 0 Å². The van der Waals surface area contributed by atoms with Crippen LogP contribution >= 0.6 is 0 Å². The molecule has 1 aromatic carbocycles. The zero-order valence-electron chi connectivity index (χ0n) is 11.6. The van der Waals surface area contributed by atoms with Crippen LogP contribution in [-0.2, 0) is 14.3 Å². The second kappa shape index (κ2) is 5.43. The molecule has 0 N–H and O–H groups in total. The number of rotatable bonds is 3.